The summed E-state index contributed by atoms with van der Waals surface area (Å²) in [6, 6.07) is 2.92. The third-order valence-corrected chi connectivity index (χ3v) is 5.11. The number of rotatable bonds is 7. The van der Waals surface area contributed by atoms with Crippen molar-refractivity contribution in [3.63, 3.8) is 0 Å². The highest BCUT2D eigenvalue weighted by Crippen LogP contribution is 2.32. The van der Waals surface area contributed by atoms with Gasteiger partial charge in [0.05, 0.1) is 10.0 Å². The molecule has 0 unspecified atom stereocenters. The standard InChI is InChI=1S/C10H11BrCl2N4O2S/c11-7-5-8(12)10(9(13)6-7)20(18,19)16-4-2-1-3-15-17-14/h5-6,16H,1-4H2. The molecule has 1 aromatic carbocycles. The topological polar surface area (TPSA) is 94.9 Å². The molecule has 0 amide bonds. The molecule has 0 fully saturated rings. The maximum absolute atomic E-state index is 12.1. The molecular weight excluding hydrogens is 391 g/mol. The molecule has 10 heteroatoms. The zero-order valence-electron chi connectivity index (χ0n) is 10.2. The molecule has 0 atom stereocenters. The van der Waals surface area contributed by atoms with Crippen molar-refractivity contribution in [2.45, 2.75) is 17.7 Å². The maximum Gasteiger partial charge on any atom is 0.243 e. The Bertz CT molecular complexity index is 609. The van der Waals surface area contributed by atoms with Gasteiger partial charge in [0.25, 0.3) is 0 Å². The van der Waals surface area contributed by atoms with Crippen LogP contribution in [0, 0.1) is 0 Å². The van der Waals surface area contributed by atoms with E-state index in [4.69, 9.17) is 28.7 Å². The molecule has 0 saturated heterocycles. The van der Waals surface area contributed by atoms with Gasteiger partial charge in [0.15, 0.2) is 0 Å². The lowest BCUT2D eigenvalue weighted by atomic mass is 10.3. The summed E-state index contributed by atoms with van der Waals surface area (Å²) in [4.78, 5) is 2.47. The molecule has 0 radical (unpaired) electrons. The summed E-state index contributed by atoms with van der Waals surface area (Å²) in [5.41, 5.74) is 8.10. The summed E-state index contributed by atoms with van der Waals surface area (Å²) < 4.78 is 27.2. The van der Waals surface area contributed by atoms with Crippen LogP contribution in [-0.2, 0) is 10.0 Å². The first-order valence-corrected chi connectivity index (χ1v) is 8.57. The van der Waals surface area contributed by atoms with E-state index in [9.17, 15) is 8.42 Å². The van der Waals surface area contributed by atoms with Crippen molar-refractivity contribution in [1.82, 2.24) is 4.72 Å². The summed E-state index contributed by atoms with van der Waals surface area (Å²) in [7, 11) is -3.77. The molecule has 0 spiro atoms. The average molecular weight is 402 g/mol. The fourth-order valence-corrected chi connectivity index (χ4v) is 4.42. The molecule has 110 valence electrons. The molecule has 1 N–H and O–H groups in total. The Morgan fingerprint density at radius 1 is 1.30 bits per heavy atom. The zero-order valence-corrected chi connectivity index (χ0v) is 14.1. The van der Waals surface area contributed by atoms with Crippen molar-refractivity contribution in [2.24, 2.45) is 5.11 Å². The fourth-order valence-electron chi connectivity index (χ4n) is 1.42. The van der Waals surface area contributed by atoms with E-state index in [0.29, 0.717) is 23.9 Å². The van der Waals surface area contributed by atoms with Crippen LogP contribution in [-0.4, -0.2) is 21.5 Å². The van der Waals surface area contributed by atoms with Crippen LogP contribution in [0.25, 0.3) is 10.4 Å². The van der Waals surface area contributed by atoms with Crippen molar-refractivity contribution in [2.75, 3.05) is 13.1 Å². The Morgan fingerprint density at radius 3 is 2.45 bits per heavy atom. The zero-order chi connectivity index (χ0) is 15.2. The third-order valence-electron chi connectivity index (χ3n) is 2.27. The van der Waals surface area contributed by atoms with Gasteiger partial charge in [-0.1, -0.05) is 44.2 Å². The summed E-state index contributed by atoms with van der Waals surface area (Å²) in [6.07, 6.45) is 1.14. The van der Waals surface area contributed by atoms with E-state index in [1.54, 1.807) is 0 Å². The smallest absolute Gasteiger partial charge is 0.211 e. The quantitative estimate of drug-likeness (QED) is 0.322. The molecule has 1 aromatic rings. The molecule has 20 heavy (non-hydrogen) atoms. The minimum absolute atomic E-state index is 0.0472. The molecule has 0 saturated carbocycles. The molecule has 0 aromatic heterocycles. The van der Waals surface area contributed by atoms with Gasteiger partial charge in [0.2, 0.25) is 10.0 Å². The van der Waals surface area contributed by atoms with Crippen molar-refractivity contribution < 1.29 is 8.42 Å². The Balaban J connectivity index is 2.72. The lowest BCUT2D eigenvalue weighted by Crippen LogP contribution is -2.25. The number of nitrogens with one attached hydrogen (secondary N) is 1. The molecular formula is C10H11BrCl2N4O2S. The highest BCUT2D eigenvalue weighted by molar-refractivity contribution is 9.10. The number of hydrogen-bond acceptors (Lipinski definition) is 3. The van der Waals surface area contributed by atoms with E-state index in [1.165, 1.54) is 12.1 Å². The van der Waals surface area contributed by atoms with Gasteiger partial charge in [-0.25, -0.2) is 13.1 Å². The monoisotopic (exact) mass is 400 g/mol. The van der Waals surface area contributed by atoms with Crippen LogP contribution >= 0.6 is 39.1 Å². The van der Waals surface area contributed by atoms with Gasteiger partial charge in [-0.2, -0.15) is 0 Å². The number of sulfonamides is 1. The first-order valence-electron chi connectivity index (χ1n) is 5.53. The Labute approximate surface area is 135 Å². The molecule has 1 rings (SSSR count). The molecule has 0 aliphatic rings. The van der Waals surface area contributed by atoms with Gasteiger partial charge in [0.1, 0.15) is 4.90 Å². The van der Waals surface area contributed by atoms with Crippen LogP contribution in [0.15, 0.2) is 26.6 Å². The average Bonchev–Trinajstić information content (AvgIpc) is 2.31. The predicted molar refractivity (Wildman–Crippen MR) is 82.6 cm³/mol. The second-order valence-corrected chi connectivity index (χ2v) is 7.19. The van der Waals surface area contributed by atoms with Crippen LogP contribution in [0.3, 0.4) is 0 Å². The van der Waals surface area contributed by atoms with E-state index < -0.39 is 10.0 Å². The maximum atomic E-state index is 12.1. The largest absolute Gasteiger partial charge is 0.243 e. The first kappa shape index (κ1) is 17.6. The summed E-state index contributed by atoms with van der Waals surface area (Å²) >= 11 is 15.0. The second-order valence-electron chi connectivity index (χ2n) is 3.76. The van der Waals surface area contributed by atoms with Crippen LogP contribution in [0.2, 0.25) is 10.0 Å². The minimum atomic E-state index is -3.77. The lowest BCUT2D eigenvalue weighted by molar-refractivity contribution is 0.577. The van der Waals surface area contributed by atoms with E-state index >= 15 is 0 Å². The van der Waals surface area contributed by atoms with Crippen LogP contribution < -0.4 is 4.72 Å². The summed E-state index contributed by atoms with van der Waals surface area (Å²) in [5.74, 6) is 0. The molecule has 0 heterocycles. The van der Waals surface area contributed by atoms with Crippen molar-refractivity contribution in [3.05, 3.63) is 37.1 Å². The van der Waals surface area contributed by atoms with Crippen LogP contribution in [0.4, 0.5) is 0 Å². The number of nitrogens with zero attached hydrogens (tertiary/aromatic N) is 3. The van der Waals surface area contributed by atoms with E-state index in [1.807, 2.05) is 0 Å². The van der Waals surface area contributed by atoms with Crippen molar-refractivity contribution in [1.29, 1.82) is 0 Å². The lowest BCUT2D eigenvalue weighted by Gasteiger charge is -2.10. The summed E-state index contributed by atoms with van der Waals surface area (Å²) in [6.45, 7) is 0.546. The third kappa shape index (κ3) is 5.12. The van der Waals surface area contributed by atoms with Crippen LogP contribution in [0.1, 0.15) is 12.8 Å². The first-order chi connectivity index (χ1) is 9.38. The van der Waals surface area contributed by atoms with Gasteiger partial charge in [-0.05, 0) is 30.5 Å². The highest BCUT2D eigenvalue weighted by Gasteiger charge is 2.21. The Morgan fingerprint density at radius 2 is 1.90 bits per heavy atom. The second kappa shape index (κ2) is 8.07. The van der Waals surface area contributed by atoms with Gasteiger partial charge < -0.3 is 0 Å². The van der Waals surface area contributed by atoms with Crippen molar-refractivity contribution >= 4 is 49.2 Å². The Hall–Kier alpha value is -0.500. The van der Waals surface area contributed by atoms with E-state index in [-0.39, 0.29) is 21.5 Å². The predicted octanol–water partition coefficient (Wildman–Crippen LogP) is 4.12. The highest BCUT2D eigenvalue weighted by atomic mass is 79.9. The molecule has 6 nitrogen and oxygen atoms in total. The number of benzene rings is 1. The Kier molecular flexibility index (Phi) is 7.08. The van der Waals surface area contributed by atoms with Crippen molar-refractivity contribution in [3.8, 4) is 0 Å². The molecule has 0 aliphatic carbocycles. The number of unbranched alkanes of at least 4 members (excludes halogenated alkanes) is 1. The van der Waals surface area contributed by atoms with Gasteiger partial charge in [-0.15, -0.1) is 0 Å². The van der Waals surface area contributed by atoms with Gasteiger partial charge >= 0.3 is 0 Å². The van der Waals surface area contributed by atoms with Gasteiger partial charge in [-0.3, -0.25) is 0 Å². The van der Waals surface area contributed by atoms with E-state index in [2.05, 4.69) is 30.7 Å². The minimum Gasteiger partial charge on any atom is -0.211 e. The van der Waals surface area contributed by atoms with Crippen LogP contribution in [0.5, 0.6) is 0 Å². The summed E-state index contributed by atoms with van der Waals surface area (Å²) in [5, 5.41) is 3.45. The van der Waals surface area contributed by atoms with Gasteiger partial charge in [0, 0.05) is 22.5 Å². The number of halogens is 3. The molecule has 0 bridgehead atoms. The number of hydrogen-bond donors (Lipinski definition) is 1. The fraction of sp³-hybridized carbons (Fsp3) is 0.400. The van der Waals surface area contributed by atoms with E-state index in [0.717, 1.165) is 0 Å². The SMILES string of the molecule is [N-]=[N+]=NCCCCNS(=O)(=O)c1c(Cl)cc(Br)cc1Cl. The number of azide groups is 1. The normalized spacial score (nSPS) is 11.2. The molecule has 0 aliphatic heterocycles.